The lowest BCUT2D eigenvalue weighted by Gasteiger charge is -2.18. The molecule has 2 aromatic carbocycles. The molecule has 1 aliphatic rings. The molecule has 2 heterocycles. The van der Waals surface area contributed by atoms with E-state index in [1.54, 1.807) is 11.3 Å². The first-order chi connectivity index (χ1) is 13.1. The van der Waals surface area contributed by atoms with Crippen LogP contribution in [0.4, 0.5) is 5.69 Å². The second-order valence-electron chi connectivity index (χ2n) is 6.64. The third-order valence-corrected chi connectivity index (χ3v) is 5.55. The van der Waals surface area contributed by atoms with E-state index in [0.29, 0.717) is 13.0 Å². The molecule has 0 aliphatic carbocycles. The molecule has 1 aliphatic heterocycles. The van der Waals surface area contributed by atoms with Crippen molar-refractivity contribution in [2.24, 2.45) is 0 Å². The number of rotatable bonds is 5. The summed E-state index contributed by atoms with van der Waals surface area (Å²) in [6.45, 7) is 5.36. The van der Waals surface area contributed by atoms with Gasteiger partial charge >= 0.3 is 0 Å². The zero-order valence-corrected chi connectivity index (χ0v) is 16.4. The number of hydrogen-bond acceptors (Lipinski definition) is 4. The average Bonchev–Trinajstić information content (AvgIpc) is 3.29. The number of carbonyl (C=O) groups excluding carboxylic acids is 1. The number of aryl methyl sites for hydroxylation is 1. The SMILES string of the molecule is CCOc1ccc(CC(=O)N2CCc3cc(-c4csc(C)n4)ccc32)cc1. The molecule has 27 heavy (non-hydrogen) atoms. The zero-order valence-electron chi connectivity index (χ0n) is 15.6. The maximum absolute atomic E-state index is 12.8. The normalized spacial score (nSPS) is 12.9. The van der Waals surface area contributed by atoms with Crippen molar-refractivity contribution >= 4 is 22.9 Å². The molecule has 0 spiro atoms. The first-order valence-electron chi connectivity index (χ1n) is 9.21. The number of nitrogens with zero attached hydrogens (tertiary/aromatic N) is 2. The number of thiazole rings is 1. The Morgan fingerprint density at radius 1 is 1.22 bits per heavy atom. The molecule has 138 valence electrons. The van der Waals surface area contributed by atoms with Crippen LogP contribution in [-0.2, 0) is 17.6 Å². The summed E-state index contributed by atoms with van der Waals surface area (Å²) in [7, 11) is 0. The van der Waals surface area contributed by atoms with E-state index in [-0.39, 0.29) is 5.91 Å². The van der Waals surface area contributed by atoms with Gasteiger partial charge in [-0.05, 0) is 55.7 Å². The van der Waals surface area contributed by atoms with Crippen LogP contribution < -0.4 is 9.64 Å². The van der Waals surface area contributed by atoms with E-state index in [2.05, 4.69) is 28.6 Å². The van der Waals surface area contributed by atoms with Gasteiger partial charge in [0.15, 0.2) is 0 Å². The Morgan fingerprint density at radius 3 is 2.74 bits per heavy atom. The molecule has 3 aromatic rings. The summed E-state index contributed by atoms with van der Waals surface area (Å²) in [6, 6.07) is 14.1. The fraction of sp³-hybridized carbons (Fsp3) is 0.273. The molecular weight excluding hydrogens is 356 g/mol. The fourth-order valence-electron chi connectivity index (χ4n) is 3.46. The number of fused-ring (bicyclic) bond motifs is 1. The molecule has 0 fully saturated rings. The standard InChI is InChI=1S/C22H22N2O2S/c1-3-26-19-7-4-16(5-8-19)12-22(25)24-11-10-18-13-17(6-9-21(18)24)20-14-27-15(2)23-20/h4-9,13-14H,3,10-12H2,1-2H3. The van der Waals surface area contributed by atoms with Gasteiger partial charge in [-0.15, -0.1) is 11.3 Å². The monoisotopic (exact) mass is 378 g/mol. The van der Waals surface area contributed by atoms with Gasteiger partial charge in [0.2, 0.25) is 5.91 Å². The van der Waals surface area contributed by atoms with Crippen molar-refractivity contribution in [1.29, 1.82) is 0 Å². The van der Waals surface area contributed by atoms with Crippen LogP contribution in [0.1, 0.15) is 23.1 Å². The smallest absolute Gasteiger partial charge is 0.231 e. The Balaban J connectivity index is 1.49. The summed E-state index contributed by atoms with van der Waals surface area (Å²) in [5.41, 5.74) is 5.39. The third kappa shape index (κ3) is 3.74. The van der Waals surface area contributed by atoms with Crippen LogP contribution in [0.2, 0.25) is 0 Å². The second kappa shape index (κ2) is 7.53. The number of hydrogen-bond donors (Lipinski definition) is 0. The quantitative estimate of drug-likeness (QED) is 0.649. The largest absolute Gasteiger partial charge is 0.494 e. The first-order valence-corrected chi connectivity index (χ1v) is 10.1. The van der Waals surface area contributed by atoms with E-state index >= 15 is 0 Å². The van der Waals surface area contributed by atoms with Crippen LogP contribution in [0.15, 0.2) is 47.8 Å². The average molecular weight is 378 g/mol. The van der Waals surface area contributed by atoms with Crippen LogP contribution in [0, 0.1) is 6.92 Å². The lowest BCUT2D eigenvalue weighted by atomic mass is 10.1. The predicted molar refractivity (Wildman–Crippen MR) is 110 cm³/mol. The summed E-state index contributed by atoms with van der Waals surface area (Å²) in [5.74, 6) is 0.972. The lowest BCUT2D eigenvalue weighted by Crippen LogP contribution is -2.30. The number of anilines is 1. The summed E-state index contributed by atoms with van der Waals surface area (Å²) in [6.07, 6.45) is 1.29. The van der Waals surface area contributed by atoms with Crippen molar-refractivity contribution in [2.75, 3.05) is 18.1 Å². The van der Waals surface area contributed by atoms with E-state index < -0.39 is 0 Å². The van der Waals surface area contributed by atoms with E-state index in [4.69, 9.17) is 4.74 Å². The van der Waals surface area contributed by atoms with Crippen LogP contribution in [0.5, 0.6) is 5.75 Å². The molecule has 0 N–H and O–H groups in total. The van der Waals surface area contributed by atoms with Crippen molar-refractivity contribution in [3.05, 3.63) is 64.0 Å². The molecule has 1 aromatic heterocycles. The first kappa shape index (κ1) is 17.7. The van der Waals surface area contributed by atoms with Gasteiger partial charge < -0.3 is 9.64 Å². The maximum Gasteiger partial charge on any atom is 0.231 e. The number of ether oxygens (including phenoxy) is 1. The van der Waals surface area contributed by atoms with E-state index in [1.165, 1.54) is 5.56 Å². The van der Waals surface area contributed by atoms with E-state index in [0.717, 1.165) is 46.2 Å². The Labute approximate surface area is 163 Å². The third-order valence-electron chi connectivity index (χ3n) is 4.78. The number of aromatic nitrogens is 1. The predicted octanol–water partition coefficient (Wildman–Crippen LogP) is 4.65. The highest BCUT2D eigenvalue weighted by molar-refractivity contribution is 7.09. The lowest BCUT2D eigenvalue weighted by molar-refractivity contribution is -0.117. The summed E-state index contributed by atoms with van der Waals surface area (Å²) >= 11 is 1.66. The summed E-state index contributed by atoms with van der Waals surface area (Å²) < 4.78 is 5.46. The van der Waals surface area contributed by atoms with Gasteiger partial charge in [-0.25, -0.2) is 4.98 Å². The van der Waals surface area contributed by atoms with Crippen molar-refractivity contribution in [1.82, 2.24) is 4.98 Å². The van der Waals surface area contributed by atoms with Gasteiger partial charge in [-0.3, -0.25) is 4.79 Å². The summed E-state index contributed by atoms with van der Waals surface area (Å²) in [4.78, 5) is 19.3. The molecule has 0 radical (unpaired) electrons. The van der Waals surface area contributed by atoms with Crippen LogP contribution >= 0.6 is 11.3 Å². The van der Waals surface area contributed by atoms with Crippen molar-refractivity contribution in [2.45, 2.75) is 26.7 Å². The molecule has 4 nitrogen and oxygen atoms in total. The number of amides is 1. The topological polar surface area (TPSA) is 42.4 Å². The number of carbonyl (C=O) groups is 1. The second-order valence-corrected chi connectivity index (χ2v) is 7.71. The highest BCUT2D eigenvalue weighted by atomic mass is 32.1. The zero-order chi connectivity index (χ0) is 18.8. The van der Waals surface area contributed by atoms with E-state index in [1.807, 2.05) is 43.0 Å². The van der Waals surface area contributed by atoms with Gasteiger partial charge in [0.25, 0.3) is 0 Å². The fourth-order valence-corrected chi connectivity index (χ4v) is 4.08. The molecule has 0 unspecified atom stereocenters. The van der Waals surface area contributed by atoms with Gasteiger partial charge in [-0.1, -0.05) is 18.2 Å². The van der Waals surface area contributed by atoms with Crippen LogP contribution in [-0.4, -0.2) is 24.0 Å². The summed E-state index contributed by atoms with van der Waals surface area (Å²) in [5, 5.41) is 3.15. The Kier molecular flexibility index (Phi) is 4.94. The van der Waals surface area contributed by atoms with Gasteiger partial charge in [-0.2, -0.15) is 0 Å². The molecule has 0 atom stereocenters. The Morgan fingerprint density at radius 2 is 2.04 bits per heavy atom. The molecule has 1 amide bonds. The molecular formula is C22H22N2O2S. The number of benzene rings is 2. The van der Waals surface area contributed by atoms with Crippen molar-refractivity contribution in [3.8, 4) is 17.0 Å². The molecule has 0 bridgehead atoms. The molecule has 5 heteroatoms. The Hall–Kier alpha value is -2.66. The van der Waals surface area contributed by atoms with Crippen molar-refractivity contribution in [3.63, 3.8) is 0 Å². The van der Waals surface area contributed by atoms with Crippen LogP contribution in [0.3, 0.4) is 0 Å². The van der Waals surface area contributed by atoms with E-state index in [9.17, 15) is 4.79 Å². The van der Waals surface area contributed by atoms with Crippen LogP contribution in [0.25, 0.3) is 11.3 Å². The molecule has 4 rings (SSSR count). The van der Waals surface area contributed by atoms with Gasteiger partial charge in [0.05, 0.1) is 23.7 Å². The van der Waals surface area contributed by atoms with Crippen molar-refractivity contribution < 1.29 is 9.53 Å². The van der Waals surface area contributed by atoms with Gasteiger partial charge in [0, 0.05) is 23.2 Å². The minimum absolute atomic E-state index is 0.134. The Bertz CT molecular complexity index is 963. The molecule has 0 saturated heterocycles. The minimum Gasteiger partial charge on any atom is -0.494 e. The highest BCUT2D eigenvalue weighted by Crippen LogP contribution is 2.33. The maximum atomic E-state index is 12.8. The van der Waals surface area contributed by atoms with Gasteiger partial charge in [0.1, 0.15) is 5.75 Å². The molecule has 0 saturated carbocycles. The highest BCUT2D eigenvalue weighted by Gasteiger charge is 2.25. The minimum atomic E-state index is 0.134.